The SMILES string of the molecule is O=C(/C=C/c1ccc(-c2ccc(Cl)cc2Cl)o1)NC(=S)Nc1ccc2c(c1)Cc1ccccc1-2. The van der Waals surface area contributed by atoms with Crippen molar-refractivity contribution in [3.8, 4) is 22.5 Å². The molecule has 1 aliphatic carbocycles. The first-order chi connectivity index (χ1) is 16.5. The molecule has 2 N–H and O–H groups in total. The molecule has 1 heterocycles. The van der Waals surface area contributed by atoms with Crippen LogP contribution in [0.1, 0.15) is 16.9 Å². The third kappa shape index (κ3) is 4.77. The number of amides is 1. The Bertz CT molecular complexity index is 1460. The Morgan fingerprint density at radius 2 is 1.71 bits per heavy atom. The standard InChI is InChI=1S/C27H18Cl2N2O2S/c28-18-5-9-23(24(29)15-18)25-11-7-20(33-25)8-12-26(32)31-27(34)30-19-6-10-22-17(14-19)13-16-3-1-2-4-21(16)22/h1-12,14-15H,13H2,(H2,30,31,32,34)/b12-8+. The fourth-order valence-electron chi connectivity index (χ4n) is 3.97. The monoisotopic (exact) mass is 504 g/mol. The molecule has 0 unspecified atom stereocenters. The first-order valence-electron chi connectivity index (χ1n) is 10.5. The topological polar surface area (TPSA) is 54.3 Å². The van der Waals surface area contributed by atoms with E-state index in [1.165, 1.54) is 28.3 Å². The summed E-state index contributed by atoms with van der Waals surface area (Å²) in [6, 6.07) is 23.2. The molecule has 0 atom stereocenters. The fraction of sp³-hybridized carbons (Fsp3) is 0.0370. The number of hydrogen-bond acceptors (Lipinski definition) is 3. The average Bonchev–Trinajstić information content (AvgIpc) is 3.41. The van der Waals surface area contributed by atoms with E-state index in [-0.39, 0.29) is 11.0 Å². The van der Waals surface area contributed by atoms with Gasteiger partial charge in [-0.25, -0.2) is 0 Å². The minimum atomic E-state index is -0.367. The zero-order chi connectivity index (χ0) is 23.7. The van der Waals surface area contributed by atoms with Gasteiger partial charge in [0.25, 0.3) is 0 Å². The molecule has 0 bridgehead atoms. The van der Waals surface area contributed by atoms with Gasteiger partial charge in [-0.1, -0.05) is 53.5 Å². The van der Waals surface area contributed by atoms with Gasteiger partial charge in [-0.3, -0.25) is 10.1 Å². The smallest absolute Gasteiger partial charge is 0.250 e. The molecule has 0 radical (unpaired) electrons. The van der Waals surface area contributed by atoms with E-state index in [1.54, 1.807) is 36.4 Å². The number of carbonyl (C=O) groups is 1. The normalized spacial score (nSPS) is 11.8. The maximum absolute atomic E-state index is 12.3. The van der Waals surface area contributed by atoms with Crippen LogP contribution < -0.4 is 10.6 Å². The zero-order valence-electron chi connectivity index (χ0n) is 17.8. The second-order valence-corrected chi connectivity index (χ2v) is 9.06. The van der Waals surface area contributed by atoms with Crippen molar-refractivity contribution in [3.05, 3.63) is 106 Å². The van der Waals surface area contributed by atoms with Gasteiger partial charge in [0.15, 0.2) is 5.11 Å². The van der Waals surface area contributed by atoms with Gasteiger partial charge in [-0.2, -0.15) is 0 Å². The van der Waals surface area contributed by atoms with Crippen LogP contribution in [0.3, 0.4) is 0 Å². The molecule has 7 heteroatoms. The van der Waals surface area contributed by atoms with Gasteiger partial charge < -0.3 is 9.73 Å². The zero-order valence-corrected chi connectivity index (χ0v) is 20.1. The quantitative estimate of drug-likeness (QED) is 0.198. The van der Waals surface area contributed by atoms with Gasteiger partial charge in [0.2, 0.25) is 5.91 Å². The lowest BCUT2D eigenvalue weighted by atomic mass is 10.1. The summed E-state index contributed by atoms with van der Waals surface area (Å²) in [6.07, 6.45) is 3.81. The maximum Gasteiger partial charge on any atom is 0.250 e. The first kappa shape index (κ1) is 22.4. The van der Waals surface area contributed by atoms with E-state index in [0.717, 1.165) is 17.7 Å². The molecular formula is C27H18Cl2N2O2S. The molecule has 4 aromatic rings. The summed E-state index contributed by atoms with van der Waals surface area (Å²) in [7, 11) is 0. The Morgan fingerprint density at radius 3 is 2.56 bits per heavy atom. The predicted molar refractivity (Wildman–Crippen MR) is 142 cm³/mol. The summed E-state index contributed by atoms with van der Waals surface area (Å²) in [5, 5.41) is 6.99. The second-order valence-electron chi connectivity index (χ2n) is 7.81. The molecule has 0 saturated carbocycles. The number of rotatable bonds is 4. The van der Waals surface area contributed by atoms with E-state index in [1.807, 2.05) is 6.07 Å². The molecule has 5 rings (SSSR count). The predicted octanol–water partition coefficient (Wildman–Crippen LogP) is 7.35. The van der Waals surface area contributed by atoms with Crippen molar-refractivity contribution >= 4 is 58.2 Å². The van der Waals surface area contributed by atoms with Gasteiger partial charge in [-0.05, 0) is 89.4 Å². The lowest BCUT2D eigenvalue weighted by Gasteiger charge is -2.10. The number of carbonyl (C=O) groups excluding carboxylic acids is 1. The summed E-state index contributed by atoms with van der Waals surface area (Å²) >= 11 is 17.5. The number of anilines is 1. The Labute approximate surface area is 212 Å². The number of thiocarbonyl (C=S) groups is 1. The molecule has 1 aromatic heterocycles. The van der Waals surface area contributed by atoms with E-state index in [2.05, 4.69) is 47.0 Å². The van der Waals surface area contributed by atoms with Crippen LogP contribution in [0.4, 0.5) is 5.69 Å². The van der Waals surface area contributed by atoms with E-state index >= 15 is 0 Å². The number of hydrogen-bond donors (Lipinski definition) is 2. The second kappa shape index (κ2) is 9.47. The lowest BCUT2D eigenvalue weighted by molar-refractivity contribution is -0.115. The minimum Gasteiger partial charge on any atom is -0.457 e. The van der Waals surface area contributed by atoms with Crippen molar-refractivity contribution in [2.75, 3.05) is 5.32 Å². The van der Waals surface area contributed by atoms with Crippen LogP contribution in [-0.4, -0.2) is 11.0 Å². The summed E-state index contributed by atoms with van der Waals surface area (Å²) in [6.45, 7) is 0. The number of fused-ring (bicyclic) bond motifs is 3. The Balaban J connectivity index is 1.19. The van der Waals surface area contributed by atoms with E-state index in [0.29, 0.717) is 21.6 Å². The van der Waals surface area contributed by atoms with Crippen LogP contribution in [-0.2, 0) is 11.2 Å². The lowest BCUT2D eigenvalue weighted by Crippen LogP contribution is -2.32. The molecule has 1 amide bonds. The Hall–Kier alpha value is -3.38. The first-order valence-corrected chi connectivity index (χ1v) is 11.7. The van der Waals surface area contributed by atoms with Crippen LogP contribution in [0.5, 0.6) is 0 Å². The van der Waals surface area contributed by atoms with Gasteiger partial charge in [0.05, 0.1) is 5.02 Å². The highest BCUT2D eigenvalue weighted by Crippen LogP contribution is 2.37. The molecular weight excluding hydrogens is 487 g/mol. The largest absolute Gasteiger partial charge is 0.457 e. The summed E-state index contributed by atoms with van der Waals surface area (Å²) in [5.41, 5.74) is 6.60. The third-order valence-electron chi connectivity index (χ3n) is 5.51. The molecule has 1 aliphatic rings. The van der Waals surface area contributed by atoms with Crippen LogP contribution in [0.25, 0.3) is 28.5 Å². The summed E-state index contributed by atoms with van der Waals surface area (Å²) in [4.78, 5) is 12.3. The minimum absolute atomic E-state index is 0.221. The molecule has 4 nitrogen and oxygen atoms in total. The number of benzene rings is 3. The number of halogens is 2. The van der Waals surface area contributed by atoms with Crippen molar-refractivity contribution < 1.29 is 9.21 Å². The van der Waals surface area contributed by atoms with Crippen molar-refractivity contribution in [1.82, 2.24) is 5.32 Å². The van der Waals surface area contributed by atoms with E-state index in [9.17, 15) is 4.79 Å². The van der Waals surface area contributed by atoms with E-state index < -0.39 is 0 Å². The highest BCUT2D eigenvalue weighted by Gasteiger charge is 2.18. The fourth-order valence-corrected chi connectivity index (χ4v) is 4.69. The molecule has 0 spiro atoms. The summed E-state index contributed by atoms with van der Waals surface area (Å²) < 4.78 is 5.77. The average molecular weight is 505 g/mol. The van der Waals surface area contributed by atoms with Crippen LogP contribution in [0.15, 0.2) is 83.3 Å². The molecule has 0 saturated heterocycles. The maximum atomic E-state index is 12.3. The Morgan fingerprint density at radius 1 is 0.912 bits per heavy atom. The van der Waals surface area contributed by atoms with Crippen molar-refractivity contribution in [1.29, 1.82) is 0 Å². The molecule has 0 fully saturated rings. The molecule has 0 aliphatic heterocycles. The van der Waals surface area contributed by atoms with Crippen molar-refractivity contribution in [3.63, 3.8) is 0 Å². The molecule has 34 heavy (non-hydrogen) atoms. The van der Waals surface area contributed by atoms with Gasteiger partial charge in [-0.15, -0.1) is 0 Å². The van der Waals surface area contributed by atoms with Gasteiger partial charge in [0.1, 0.15) is 11.5 Å². The van der Waals surface area contributed by atoms with Crippen LogP contribution in [0.2, 0.25) is 10.0 Å². The van der Waals surface area contributed by atoms with E-state index in [4.69, 9.17) is 39.8 Å². The number of nitrogens with one attached hydrogen (secondary N) is 2. The summed E-state index contributed by atoms with van der Waals surface area (Å²) in [5.74, 6) is 0.722. The highest BCUT2D eigenvalue weighted by molar-refractivity contribution is 7.80. The van der Waals surface area contributed by atoms with Crippen molar-refractivity contribution in [2.45, 2.75) is 6.42 Å². The van der Waals surface area contributed by atoms with Crippen LogP contribution >= 0.6 is 35.4 Å². The molecule has 168 valence electrons. The molecule has 3 aromatic carbocycles. The highest BCUT2D eigenvalue weighted by atomic mass is 35.5. The Kier molecular flexibility index (Phi) is 6.24. The van der Waals surface area contributed by atoms with Gasteiger partial charge >= 0.3 is 0 Å². The van der Waals surface area contributed by atoms with Crippen LogP contribution in [0, 0.1) is 0 Å². The van der Waals surface area contributed by atoms with Gasteiger partial charge in [0, 0.05) is 22.3 Å². The van der Waals surface area contributed by atoms with Crippen molar-refractivity contribution in [2.24, 2.45) is 0 Å². The third-order valence-corrected chi connectivity index (χ3v) is 6.26. The number of furan rings is 1.